The Hall–Kier alpha value is -1.07. The zero-order valence-electron chi connectivity index (χ0n) is 9.30. The molecule has 1 aromatic rings. The highest BCUT2D eigenvalue weighted by molar-refractivity contribution is 7.91. The summed E-state index contributed by atoms with van der Waals surface area (Å²) in [6.45, 7) is 2.39. The highest BCUT2D eigenvalue weighted by Gasteiger charge is 2.14. The van der Waals surface area contributed by atoms with Gasteiger partial charge in [-0.25, -0.2) is 12.9 Å². The van der Waals surface area contributed by atoms with Gasteiger partial charge >= 0.3 is 0 Å². The molecule has 1 aromatic carbocycles. The molecule has 0 aliphatic carbocycles. The first-order valence-corrected chi connectivity index (χ1v) is 6.24. The van der Waals surface area contributed by atoms with Gasteiger partial charge in [-0.2, -0.15) is 0 Å². The van der Waals surface area contributed by atoms with Crippen LogP contribution in [0.25, 0.3) is 0 Å². The molecule has 0 bridgehead atoms. The van der Waals surface area contributed by atoms with Crippen LogP contribution in [0.4, 0.5) is 5.69 Å². The van der Waals surface area contributed by atoms with E-state index in [4.69, 9.17) is 5.73 Å². The summed E-state index contributed by atoms with van der Waals surface area (Å²) in [5, 5.41) is 0. The van der Waals surface area contributed by atoms with E-state index in [2.05, 4.69) is 4.36 Å². The fraction of sp³-hybridized carbons (Fsp3) is 0.400. The van der Waals surface area contributed by atoms with Crippen molar-refractivity contribution in [2.75, 3.05) is 26.4 Å². The molecule has 2 N–H and O–H groups in total. The Bertz CT molecular complexity index is 448. The maximum atomic E-state index is 12.5. The smallest absolute Gasteiger partial charge is 0.139 e. The van der Waals surface area contributed by atoms with E-state index >= 15 is 0 Å². The van der Waals surface area contributed by atoms with Crippen molar-refractivity contribution in [2.24, 2.45) is 4.36 Å². The molecule has 0 saturated heterocycles. The second-order valence-corrected chi connectivity index (χ2v) is 5.78. The minimum Gasteiger partial charge on any atom is -0.399 e. The topological polar surface area (TPSA) is 58.7 Å². The Morgan fingerprint density at radius 2 is 2.13 bits per heavy atom. The molecule has 0 aliphatic rings. The fourth-order valence-electron chi connectivity index (χ4n) is 1.26. The highest BCUT2D eigenvalue weighted by atomic mass is 32.2. The van der Waals surface area contributed by atoms with Crippen molar-refractivity contribution >= 4 is 15.6 Å². The van der Waals surface area contributed by atoms with Crippen LogP contribution in [-0.4, -0.2) is 29.2 Å². The van der Waals surface area contributed by atoms with Crippen molar-refractivity contribution < 1.29 is 4.21 Å². The summed E-state index contributed by atoms with van der Waals surface area (Å²) in [7, 11) is 1.03. The molecule has 0 heterocycles. The SMILES string of the molecule is CCN=S(=O)(c1cccc(N)c1)N(C)C. The van der Waals surface area contributed by atoms with E-state index in [0.717, 1.165) is 0 Å². The maximum absolute atomic E-state index is 12.5. The minimum atomic E-state index is -2.48. The summed E-state index contributed by atoms with van der Waals surface area (Å²) < 4.78 is 18.3. The minimum absolute atomic E-state index is 0.520. The Labute approximate surface area is 91.4 Å². The van der Waals surface area contributed by atoms with E-state index in [1.807, 2.05) is 6.92 Å². The molecular formula is C10H17N3OS. The molecule has 0 spiro atoms. The van der Waals surface area contributed by atoms with Crippen LogP contribution in [0, 0.1) is 0 Å². The molecule has 1 rings (SSSR count). The number of nitrogen functional groups attached to an aromatic ring is 1. The summed E-state index contributed by atoms with van der Waals surface area (Å²) in [6, 6.07) is 7.06. The fourth-order valence-corrected chi connectivity index (χ4v) is 2.95. The van der Waals surface area contributed by atoms with E-state index in [9.17, 15) is 4.21 Å². The predicted octanol–water partition coefficient (Wildman–Crippen LogP) is 1.59. The molecule has 0 radical (unpaired) electrons. The molecule has 1 atom stereocenters. The molecule has 0 aliphatic heterocycles. The summed E-state index contributed by atoms with van der Waals surface area (Å²) in [5.74, 6) is 0. The standard InChI is InChI=1S/C10H17N3OS/c1-4-12-15(14,13(2)3)10-7-5-6-9(11)8-10/h5-8H,4,11H2,1-3H3. The van der Waals surface area contributed by atoms with Gasteiger partial charge in [-0.05, 0) is 25.1 Å². The second-order valence-electron chi connectivity index (χ2n) is 3.33. The zero-order chi connectivity index (χ0) is 11.5. The van der Waals surface area contributed by atoms with Gasteiger partial charge in [-0.15, -0.1) is 0 Å². The van der Waals surface area contributed by atoms with Gasteiger partial charge in [0, 0.05) is 26.3 Å². The lowest BCUT2D eigenvalue weighted by molar-refractivity contribution is 0.590. The summed E-state index contributed by atoms with van der Waals surface area (Å²) >= 11 is 0. The third-order valence-corrected chi connectivity index (χ3v) is 4.43. The molecule has 0 saturated carbocycles. The Balaban J connectivity index is 3.36. The van der Waals surface area contributed by atoms with Crippen LogP contribution in [-0.2, 0) is 9.92 Å². The Kier molecular flexibility index (Phi) is 3.71. The van der Waals surface area contributed by atoms with Gasteiger partial charge in [0.25, 0.3) is 0 Å². The summed E-state index contributed by atoms with van der Waals surface area (Å²) in [6.07, 6.45) is 0. The first kappa shape index (κ1) is 12.0. The quantitative estimate of drug-likeness (QED) is 0.797. The number of rotatable bonds is 3. The number of benzene rings is 1. The number of hydrogen-bond donors (Lipinski definition) is 1. The van der Waals surface area contributed by atoms with E-state index in [0.29, 0.717) is 17.1 Å². The van der Waals surface area contributed by atoms with Gasteiger partial charge in [0.2, 0.25) is 0 Å². The first-order chi connectivity index (χ1) is 7.00. The average Bonchev–Trinajstić information content (AvgIpc) is 2.17. The molecular weight excluding hydrogens is 210 g/mol. The van der Waals surface area contributed by atoms with Crippen LogP contribution in [0.3, 0.4) is 0 Å². The van der Waals surface area contributed by atoms with Crippen LogP contribution in [0.15, 0.2) is 33.5 Å². The van der Waals surface area contributed by atoms with Gasteiger partial charge in [-0.3, -0.25) is 0 Å². The summed E-state index contributed by atoms with van der Waals surface area (Å²) in [5.41, 5.74) is 6.27. The third-order valence-electron chi connectivity index (χ3n) is 1.96. The van der Waals surface area contributed by atoms with Crippen LogP contribution < -0.4 is 5.73 Å². The van der Waals surface area contributed by atoms with Gasteiger partial charge in [-0.1, -0.05) is 6.07 Å². The lowest BCUT2D eigenvalue weighted by Crippen LogP contribution is -2.22. The molecule has 0 fully saturated rings. The third kappa shape index (κ3) is 2.49. The predicted molar refractivity (Wildman–Crippen MR) is 63.9 cm³/mol. The van der Waals surface area contributed by atoms with Crippen LogP contribution >= 0.6 is 0 Å². The first-order valence-electron chi connectivity index (χ1n) is 4.76. The van der Waals surface area contributed by atoms with Crippen molar-refractivity contribution in [1.29, 1.82) is 0 Å². The van der Waals surface area contributed by atoms with E-state index in [-0.39, 0.29) is 0 Å². The monoisotopic (exact) mass is 227 g/mol. The molecule has 15 heavy (non-hydrogen) atoms. The van der Waals surface area contributed by atoms with Crippen LogP contribution in [0.5, 0.6) is 0 Å². The molecule has 1 unspecified atom stereocenters. The van der Waals surface area contributed by atoms with Crippen molar-refractivity contribution in [3.05, 3.63) is 24.3 Å². The van der Waals surface area contributed by atoms with Gasteiger partial charge in [0.1, 0.15) is 9.92 Å². The van der Waals surface area contributed by atoms with Gasteiger partial charge < -0.3 is 5.73 Å². The Morgan fingerprint density at radius 3 is 2.60 bits per heavy atom. The van der Waals surface area contributed by atoms with Crippen molar-refractivity contribution in [3.8, 4) is 0 Å². The Morgan fingerprint density at radius 1 is 1.47 bits per heavy atom. The van der Waals surface area contributed by atoms with Crippen LogP contribution in [0.1, 0.15) is 6.92 Å². The number of hydrogen-bond acceptors (Lipinski definition) is 3. The van der Waals surface area contributed by atoms with Crippen LogP contribution in [0.2, 0.25) is 0 Å². The normalized spacial score (nSPS) is 14.9. The molecule has 0 amide bonds. The van der Waals surface area contributed by atoms with E-state index in [1.54, 1.807) is 42.7 Å². The van der Waals surface area contributed by atoms with Crippen molar-refractivity contribution in [2.45, 2.75) is 11.8 Å². The second kappa shape index (κ2) is 4.63. The molecule has 84 valence electrons. The lowest BCUT2D eigenvalue weighted by atomic mass is 10.3. The molecule has 4 nitrogen and oxygen atoms in total. The zero-order valence-corrected chi connectivity index (χ0v) is 10.1. The largest absolute Gasteiger partial charge is 0.399 e. The molecule has 5 heteroatoms. The van der Waals surface area contributed by atoms with E-state index < -0.39 is 9.92 Å². The lowest BCUT2D eigenvalue weighted by Gasteiger charge is -2.17. The number of nitrogens with zero attached hydrogens (tertiary/aromatic N) is 2. The van der Waals surface area contributed by atoms with E-state index in [1.165, 1.54) is 0 Å². The number of anilines is 1. The summed E-state index contributed by atoms with van der Waals surface area (Å²) in [4.78, 5) is 0.661. The van der Waals surface area contributed by atoms with Crippen molar-refractivity contribution in [1.82, 2.24) is 4.31 Å². The molecule has 0 aromatic heterocycles. The van der Waals surface area contributed by atoms with Gasteiger partial charge in [0.15, 0.2) is 0 Å². The van der Waals surface area contributed by atoms with Crippen molar-refractivity contribution in [3.63, 3.8) is 0 Å². The number of nitrogens with two attached hydrogens (primary N) is 1. The maximum Gasteiger partial charge on any atom is 0.139 e. The van der Waals surface area contributed by atoms with Gasteiger partial charge in [0.05, 0.1) is 4.90 Å². The highest BCUT2D eigenvalue weighted by Crippen LogP contribution is 2.18. The average molecular weight is 227 g/mol.